The number of halogens is 3. The number of amides is 1. The Balaban J connectivity index is 1.86. The molecule has 2 aliphatic heterocycles. The molecule has 0 saturated carbocycles. The van der Waals surface area contributed by atoms with Crippen molar-refractivity contribution in [1.29, 1.82) is 0 Å². The van der Waals surface area contributed by atoms with E-state index in [9.17, 15) is 18.0 Å². The largest absolute Gasteiger partial charge is 0.406 e. The maximum Gasteiger partial charge on any atom is 0.406 e. The van der Waals surface area contributed by atoms with Crippen LogP contribution in [-0.4, -0.2) is 105 Å². The predicted octanol–water partition coefficient (Wildman–Crippen LogP) is 0.627. The summed E-state index contributed by atoms with van der Waals surface area (Å²) < 4.78 is 42.6. The Morgan fingerprint density at radius 1 is 1.30 bits per heavy atom. The molecule has 27 heavy (non-hydrogen) atoms. The number of hydrogen-bond acceptors (Lipinski definition) is 4. The number of carbonyl (C=O) groups is 1. The molecule has 0 aromatic carbocycles. The average molecular weight is 393 g/mol. The van der Waals surface area contributed by atoms with Crippen molar-refractivity contribution < 1.29 is 22.7 Å². The molecule has 1 amide bonds. The fourth-order valence-corrected chi connectivity index (χ4v) is 3.37. The van der Waals surface area contributed by atoms with E-state index in [0.29, 0.717) is 23.3 Å². The van der Waals surface area contributed by atoms with Gasteiger partial charge in [0.2, 0.25) is 5.91 Å². The van der Waals surface area contributed by atoms with Crippen molar-refractivity contribution in [3.05, 3.63) is 0 Å². The zero-order valence-corrected chi connectivity index (χ0v) is 16.1. The van der Waals surface area contributed by atoms with Crippen molar-refractivity contribution in [2.24, 2.45) is 10.9 Å². The van der Waals surface area contributed by atoms with Crippen molar-refractivity contribution in [3.63, 3.8) is 0 Å². The third kappa shape index (κ3) is 7.53. The minimum atomic E-state index is -4.40. The highest BCUT2D eigenvalue weighted by molar-refractivity contribution is 5.85. The van der Waals surface area contributed by atoms with Crippen LogP contribution in [0.5, 0.6) is 0 Å². The van der Waals surface area contributed by atoms with Gasteiger partial charge in [-0.3, -0.25) is 9.69 Å². The molecule has 2 fully saturated rings. The Morgan fingerprint density at radius 2 is 2.00 bits per heavy atom. The number of alkyl halides is 3. The third-order valence-corrected chi connectivity index (χ3v) is 4.75. The van der Waals surface area contributed by atoms with Crippen molar-refractivity contribution in [3.8, 4) is 0 Å². The summed E-state index contributed by atoms with van der Waals surface area (Å²) in [5, 5.41) is 3.14. The molecule has 0 radical (unpaired) electrons. The summed E-state index contributed by atoms with van der Waals surface area (Å²) in [7, 11) is 1.15. The Bertz CT molecular complexity index is 509. The zero-order chi connectivity index (χ0) is 19.9. The number of nitrogens with one attached hydrogen (secondary N) is 1. The van der Waals surface area contributed by atoms with E-state index in [1.807, 2.05) is 6.92 Å². The van der Waals surface area contributed by atoms with Crippen molar-refractivity contribution in [1.82, 2.24) is 20.0 Å². The van der Waals surface area contributed by atoms with Crippen LogP contribution < -0.4 is 5.32 Å². The lowest BCUT2D eigenvalue weighted by atomic mass is 10.1. The number of likely N-dealkylation sites (N-methyl/N-ethyl adjacent to an activating group) is 1. The van der Waals surface area contributed by atoms with Crippen LogP contribution in [0.1, 0.15) is 13.3 Å². The van der Waals surface area contributed by atoms with Gasteiger partial charge in [0.1, 0.15) is 13.1 Å². The molecule has 1 unspecified atom stereocenters. The summed E-state index contributed by atoms with van der Waals surface area (Å²) >= 11 is 0. The van der Waals surface area contributed by atoms with Crippen LogP contribution in [0.25, 0.3) is 0 Å². The highest BCUT2D eigenvalue weighted by Crippen LogP contribution is 2.18. The van der Waals surface area contributed by atoms with Gasteiger partial charge in [0.25, 0.3) is 0 Å². The Hall–Kier alpha value is -1.55. The van der Waals surface area contributed by atoms with E-state index < -0.39 is 18.6 Å². The minimum absolute atomic E-state index is 0.292. The topological polar surface area (TPSA) is 60.4 Å². The third-order valence-electron chi connectivity index (χ3n) is 4.75. The second-order valence-electron chi connectivity index (χ2n) is 7.05. The SMILES string of the molecule is CCNC(=NCC(=O)N(C)CC(F)(F)F)N1CCC(CN2CCOCC2)C1. The summed E-state index contributed by atoms with van der Waals surface area (Å²) in [6, 6.07) is 0. The first kappa shape index (κ1) is 21.7. The molecule has 7 nitrogen and oxygen atoms in total. The maximum atomic E-state index is 12.4. The number of nitrogens with zero attached hydrogens (tertiary/aromatic N) is 4. The second-order valence-corrected chi connectivity index (χ2v) is 7.05. The lowest BCUT2D eigenvalue weighted by Crippen LogP contribution is -2.43. The van der Waals surface area contributed by atoms with Gasteiger partial charge in [-0.1, -0.05) is 0 Å². The Morgan fingerprint density at radius 3 is 2.63 bits per heavy atom. The van der Waals surface area contributed by atoms with Crippen LogP contribution in [0, 0.1) is 5.92 Å². The molecule has 0 aromatic rings. The van der Waals surface area contributed by atoms with Gasteiger partial charge < -0.3 is 19.9 Å². The molecule has 2 heterocycles. The van der Waals surface area contributed by atoms with Gasteiger partial charge in [-0.05, 0) is 19.3 Å². The lowest BCUT2D eigenvalue weighted by molar-refractivity contribution is -0.157. The van der Waals surface area contributed by atoms with Crippen molar-refractivity contribution in [2.75, 3.05) is 72.6 Å². The summed E-state index contributed by atoms with van der Waals surface area (Å²) in [6.45, 7) is 7.11. The molecule has 0 bridgehead atoms. The van der Waals surface area contributed by atoms with E-state index in [1.54, 1.807) is 0 Å². The average Bonchev–Trinajstić information content (AvgIpc) is 3.06. The second kappa shape index (κ2) is 10.1. The van der Waals surface area contributed by atoms with Gasteiger partial charge in [0.05, 0.1) is 13.2 Å². The molecule has 2 saturated heterocycles. The first-order chi connectivity index (χ1) is 12.8. The lowest BCUT2D eigenvalue weighted by Gasteiger charge is -2.29. The predicted molar refractivity (Wildman–Crippen MR) is 96.6 cm³/mol. The van der Waals surface area contributed by atoms with Crippen LogP contribution in [0.4, 0.5) is 13.2 Å². The van der Waals surface area contributed by atoms with Crippen LogP contribution in [0.2, 0.25) is 0 Å². The molecule has 1 atom stereocenters. The number of aliphatic imine (C=N–C) groups is 1. The van der Waals surface area contributed by atoms with Crippen LogP contribution in [0.3, 0.4) is 0 Å². The Kier molecular flexibility index (Phi) is 8.15. The Labute approximate surface area is 158 Å². The first-order valence-corrected chi connectivity index (χ1v) is 9.42. The minimum Gasteiger partial charge on any atom is -0.379 e. The molecule has 0 spiro atoms. The number of rotatable bonds is 6. The van der Waals surface area contributed by atoms with Gasteiger partial charge in [0, 0.05) is 46.3 Å². The highest BCUT2D eigenvalue weighted by atomic mass is 19.4. The molecular formula is C17H30F3N5O2. The highest BCUT2D eigenvalue weighted by Gasteiger charge is 2.31. The van der Waals surface area contributed by atoms with Crippen molar-refractivity contribution >= 4 is 11.9 Å². The van der Waals surface area contributed by atoms with Crippen LogP contribution in [-0.2, 0) is 9.53 Å². The fourth-order valence-electron chi connectivity index (χ4n) is 3.37. The monoisotopic (exact) mass is 393 g/mol. The molecule has 2 aliphatic rings. The van der Waals surface area contributed by atoms with Gasteiger partial charge in [-0.15, -0.1) is 0 Å². The van der Waals surface area contributed by atoms with Crippen LogP contribution in [0.15, 0.2) is 4.99 Å². The van der Waals surface area contributed by atoms with Crippen molar-refractivity contribution in [2.45, 2.75) is 19.5 Å². The molecular weight excluding hydrogens is 363 g/mol. The smallest absolute Gasteiger partial charge is 0.379 e. The molecule has 1 N–H and O–H groups in total. The number of ether oxygens (including phenoxy) is 1. The summed E-state index contributed by atoms with van der Waals surface area (Å²) in [4.78, 5) is 21.3. The molecule has 10 heteroatoms. The number of hydrogen-bond donors (Lipinski definition) is 1. The maximum absolute atomic E-state index is 12.4. The molecule has 0 aromatic heterocycles. The number of guanidine groups is 1. The number of morpholine rings is 1. The van der Waals surface area contributed by atoms with E-state index in [1.165, 1.54) is 0 Å². The van der Waals surface area contributed by atoms with E-state index in [-0.39, 0.29) is 6.54 Å². The molecule has 156 valence electrons. The zero-order valence-electron chi connectivity index (χ0n) is 16.1. The number of likely N-dealkylation sites (tertiary alicyclic amines) is 1. The van der Waals surface area contributed by atoms with Crippen LogP contribution >= 0.6 is 0 Å². The molecule has 2 rings (SSSR count). The van der Waals surface area contributed by atoms with Gasteiger partial charge >= 0.3 is 6.18 Å². The van der Waals surface area contributed by atoms with E-state index in [0.717, 1.165) is 59.4 Å². The van der Waals surface area contributed by atoms with Gasteiger partial charge in [0.15, 0.2) is 5.96 Å². The number of carbonyl (C=O) groups excluding carboxylic acids is 1. The fraction of sp³-hybridized carbons (Fsp3) is 0.882. The van der Waals surface area contributed by atoms with Gasteiger partial charge in [-0.25, -0.2) is 4.99 Å². The van der Waals surface area contributed by atoms with E-state index >= 15 is 0 Å². The summed E-state index contributed by atoms with van der Waals surface area (Å²) in [5.74, 6) is 0.457. The quantitative estimate of drug-likeness (QED) is 0.530. The van der Waals surface area contributed by atoms with E-state index in [2.05, 4.69) is 20.1 Å². The first-order valence-electron chi connectivity index (χ1n) is 9.42. The summed E-state index contributed by atoms with van der Waals surface area (Å²) in [6.07, 6.45) is -3.37. The summed E-state index contributed by atoms with van der Waals surface area (Å²) in [5.41, 5.74) is 0. The van der Waals surface area contributed by atoms with E-state index in [4.69, 9.17) is 4.74 Å². The standard InChI is InChI=1S/C17H30F3N5O2/c1-3-21-16(22-10-15(26)23(2)13-17(18,19)20)25-5-4-14(12-25)11-24-6-8-27-9-7-24/h14H,3-13H2,1-2H3,(H,21,22). The van der Waals surface area contributed by atoms with Gasteiger partial charge in [-0.2, -0.15) is 13.2 Å². The normalized spacial score (nSPS) is 22.2. The molecule has 0 aliphatic carbocycles.